The van der Waals surface area contributed by atoms with Gasteiger partial charge < -0.3 is 5.32 Å². The number of aromatic nitrogens is 2. The molecule has 0 unspecified atom stereocenters. The lowest BCUT2D eigenvalue weighted by Gasteiger charge is -2.10. The van der Waals surface area contributed by atoms with E-state index in [-0.39, 0.29) is 17.6 Å². The van der Waals surface area contributed by atoms with Gasteiger partial charge in [-0.05, 0) is 30.7 Å². The number of nitro benzene ring substituents is 1. The van der Waals surface area contributed by atoms with Crippen molar-refractivity contribution < 1.29 is 9.72 Å². The SMILES string of the molecule is Cc1ccc(Cl)cc1NC(=O)Cn1cnc2ccc([N+](=O)[O-])cc2c1=O. The molecule has 3 rings (SSSR count). The topological polar surface area (TPSA) is 107 Å². The van der Waals surface area contributed by atoms with Crippen molar-refractivity contribution in [3.8, 4) is 0 Å². The summed E-state index contributed by atoms with van der Waals surface area (Å²) in [6, 6.07) is 8.90. The minimum atomic E-state index is -0.592. The molecule has 0 saturated heterocycles. The van der Waals surface area contributed by atoms with Gasteiger partial charge in [0.25, 0.3) is 11.2 Å². The lowest BCUT2D eigenvalue weighted by Crippen LogP contribution is -2.28. The van der Waals surface area contributed by atoms with Gasteiger partial charge in [-0.1, -0.05) is 17.7 Å². The van der Waals surface area contributed by atoms with Gasteiger partial charge in [0.05, 0.1) is 22.2 Å². The van der Waals surface area contributed by atoms with Crippen LogP contribution < -0.4 is 10.9 Å². The van der Waals surface area contributed by atoms with Crippen LogP contribution >= 0.6 is 11.6 Å². The van der Waals surface area contributed by atoms with Crippen molar-refractivity contribution in [3.05, 3.63) is 73.8 Å². The Kier molecular flexibility index (Phi) is 4.68. The van der Waals surface area contributed by atoms with E-state index in [1.807, 2.05) is 6.92 Å². The van der Waals surface area contributed by atoms with Gasteiger partial charge in [-0.3, -0.25) is 24.3 Å². The third kappa shape index (κ3) is 3.55. The molecule has 1 aromatic heterocycles. The lowest BCUT2D eigenvalue weighted by molar-refractivity contribution is -0.384. The van der Waals surface area contributed by atoms with E-state index in [0.29, 0.717) is 16.2 Å². The average molecular weight is 373 g/mol. The monoisotopic (exact) mass is 372 g/mol. The van der Waals surface area contributed by atoms with E-state index in [0.717, 1.165) is 16.2 Å². The van der Waals surface area contributed by atoms with E-state index < -0.39 is 16.4 Å². The lowest BCUT2D eigenvalue weighted by atomic mass is 10.2. The van der Waals surface area contributed by atoms with Gasteiger partial charge in [-0.2, -0.15) is 0 Å². The molecule has 3 aromatic rings. The summed E-state index contributed by atoms with van der Waals surface area (Å²) in [5.41, 5.74) is 0.940. The molecule has 0 saturated carbocycles. The van der Waals surface area contributed by atoms with Crippen LogP contribution in [0.2, 0.25) is 5.02 Å². The van der Waals surface area contributed by atoms with Crippen LogP contribution in [0.15, 0.2) is 47.5 Å². The van der Waals surface area contributed by atoms with Crippen molar-refractivity contribution in [2.45, 2.75) is 13.5 Å². The minimum absolute atomic E-state index is 0.0773. The zero-order valence-electron chi connectivity index (χ0n) is 13.6. The summed E-state index contributed by atoms with van der Waals surface area (Å²) >= 11 is 5.92. The van der Waals surface area contributed by atoms with Gasteiger partial charge in [0.15, 0.2) is 0 Å². The van der Waals surface area contributed by atoms with E-state index in [2.05, 4.69) is 10.3 Å². The molecule has 8 nitrogen and oxygen atoms in total. The summed E-state index contributed by atoms with van der Waals surface area (Å²) in [6.45, 7) is 1.53. The number of aryl methyl sites for hydroxylation is 1. The summed E-state index contributed by atoms with van der Waals surface area (Å²) in [5, 5.41) is 14.1. The summed E-state index contributed by atoms with van der Waals surface area (Å²) < 4.78 is 1.10. The van der Waals surface area contributed by atoms with Crippen LogP contribution in [0.5, 0.6) is 0 Å². The molecule has 2 aromatic carbocycles. The number of fused-ring (bicyclic) bond motifs is 1. The highest BCUT2D eigenvalue weighted by atomic mass is 35.5. The maximum Gasteiger partial charge on any atom is 0.270 e. The molecule has 0 radical (unpaired) electrons. The standard InChI is InChI=1S/C17H13ClN4O4/c1-10-2-3-11(18)6-15(10)20-16(23)8-21-9-19-14-5-4-12(22(25)26)7-13(14)17(21)24/h2-7,9H,8H2,1H3,(H,20,23). The number of rotatable bonds is 4. The Morgan fingerprint density at radius 2 is 2.08 bits per heavy atom. The molecule has 0 aliphatic carbocycles. The van der Waals surface area contributed by atoms with Crippen molar-refractivity contribution in [2.24, 2.45) is 0 Å². The first-order valence-corrected chi connectivity index (χ1v) is 7.92. The molecule has 26 heavy (non-hydrogen) atoms. The van der Waals surface area contributed by atoms with Crippen LogP contribution in [0.4, 0.5) is 11.4 Å². The third-order valence-electron chi connectivity index (χ3n) is 3.81. The number of hydrogen-bond donors (Lipinski definition) is 1. The minimum Gasteiger partial charge on any atom is -0.324 e. The molecule has 1 amide bonds. The van der Waals surface area contributed by atoms with Gasteiger partial charge in [0, 0.05) is 22.8 Å². The van der Waals surface area contributed by atoms with Crippen molar-refractivity contribution in [1.29, 1.82) is 0 Å². The van der Waals surface area contributed by atoms with Gasteiger partial charge in [-0.25, -0.2) is 4.98 Å². The Morgan fingerprint density at radius 3 is 2.81 bits per heavy atom. The number of anilines is 1. The number of hydrogen-bond acceptors (Lipinski definition) is 5. The zero-order valence-corrected chi connectivity index (χ0v) is 14.4. The van der Waals surface area contributed by atoms with Gasteiger partial charge in [0.2, 0.25) is 5.91 Å². The highest BCUT2D eigenvalue weighted by Crippen LogP contribution is 2.20. The molecule has 132 valence electrons. The number of amides is 1. The number of nitro groups is 1. The van der Waals surface area contributed by atoms with E-state index in [1.165, 1.54) is 18.5 Å². The first-order chi connectivity index (χ1) is 12.3. The number of non-ortho nitro benzene ring substituents is 1. The average Bonchev–Trinajstić information content (AvgIpc) is 2.60. The Bertz CT molecular complexity index is 1090. The van der Waals surface area contributed by atoms with Gasteiger partial charge in [-0.15, -0.1) is 0 Å². The van der Waals surface area contributed by atoms with Crippen molar-refractivity contribution in [2.75, 3.05) is 5.32 Å². The fraction of sp³-hybridized carbons (Fsp3) is 0.118. The maximum atomic E-state index is 12.5. The quantitative estimate of drug-likeness (QED) is 0.559. The second-order valence-corrected chi connectivity index (χ2v) is 6.08. The fourth-order valence-electron chi connectivity index (χ4n) is 2.45. The van der Waals surface area contributed by atoms with Crippen LogP contribution in [-0.4, -0.2) is 20.4 Å². The smallest absolute Gasteiger partial charge is 0.270 e. The highest BCUT2D eigenvalue weighted by Gasteiger charge is 2.13. The number of nitrogens with zero attached hydrogens (tertiary/aromatic N) is 3. The van der Waals surface area contributed by atoms with Gasteiger partial charge >= 0.3 is 0 Å². The van der Waals surface area contributed by atoms with Crippen LogP contribution in [0.1, 0.15) is 5.56 Å². The molecule has 0 aliphatic heterocycles. The largest absolute Gasteiger partial charge is 0.324 e. The Labute approximate surface area is 152 Å². The molecule has 0 atom stereocenters. The molecule has 0 fully saturated rings. The van der Waals surface area contributed by atoms with E-state index in [1.54, 1.807) is 18.2 Å². The summed E-state index contributed by atoms with van der Waals surface area (Å²) in [4.78, 5) is 39.1. The predicted octanol–water partition coefficient (Wildman–Crippen LogP) is 2.91. The molecule has 0 spiro atoms. The zero-order chi connectivity index (χ0) is 18.8. The third-order valence-corrected chi connectivity index (χ3v) is 4.04. The van der Waals surface area contributed by atoms with Crippen molar-refractivity contribution >= 4 is 39.8 Å². The number of halogens is 1. The fourth-order valence-corrected chi connectivity index (χ4v) is 2.62. The predicted molar refractivity (Wildman–Crippen MR) is 97.5 cm³/mol. The summed E-state index contributed by atoms with van der Waals surface area (Å²) in [5.74, 6) is -0.441. The summed E-state index contributed by atoms with van der Waals surface area (Å²) in [6.07, 6.45) is 1.24. The first-order valence-electron chi connectivity index (χ1n) is 7.55. The normalized spacial score (nSPS) is 10.7. The Morgan fingerprint density at radius 1 is 1.31 bits per heavy atom. The van der Waals surface area contributed by atoms with Gasteiger partial charge in [0.1, 0.15) is 6.54 Å². The second kappa shape index (κ2) is 6.93. The highest BCUT2D eigenvalue weighted by molar-refractivity contribution is 6.31. The van der Waals surface area contributed by atoms with Crippen molar-refractivity contribution in [1.82, 2.24) is 9.55 Å². The Balaban J connectivity index is 1.89. The second-order valence-electron chi connectivity index (χ2n) is 5.64. The molecule has 9 heteroatoms. The van der Waals surface area contributed by atoms with Crippen LogP contribution in [0.25, 0.3) is 10.9 Å². The van der Waals surface area contributed by atoms with Crippen LogP contribution in [0, 0.1) is 17.0 Å². The maximum absolute atomic E-state index is 12.5. The number of nitrogens with one attached hydrogen (secondary N) is 1. The molecule has 0 bridgehead atoms. The molecule has 1 N–H and O–H groups in total. The van der Waals surface area contributed by atoms with Crippen LogP contribution in [-0.2, 0) is 11.3 Å². The molecular weight excluding hydrogens is 360 g/mol. The Hall–Kier alpha value is -3.26. The molecule has 0 aliphatic rings. The number of carbonyl (C=O) groups is 1. The molecule has 1 heterocycles. The number of carbonyl (C=O) groups excluding carboxylic acids is 1. The van der Waals surface area contributed by atoms with E-state index in [9.17, 15) is 19.7 Å². The van der Waals surface area contributed by atoms with E-state index in [4.69, 9.17) is 11.6 Å². The van der Waals surface area contributed by atoms with Crippen LogP contribution in [0.3, 0.4) is 0 Å². The summed E-state index contributed by atoms with van der Waals surface area (Å²) in [7, 11) is 0. The first kappa shape index (κ1) is 17.6. The number of benzene rings is 2. The molecular formula is C17H13ClN4O4. The van der Waals surface area contributed by atoms with E-state index >= 15 is 0 Å². The van der Waals surface area contributed by atoms with Crippen molar-refractivity contribution in [3.63, 3.8) is 0 Å².